The van der Waals surface area contributed by atoms with E-state index in [9.17, 15) is 0 Å². The minimum Gasteiger partial charge on any atom is -0.470 e. The van der Waals surface area contributed by atoms with Crippen molar-refractivity contribution in [2.45, 2.75) is 31.3 Å². The SMILES string of the molecule is C=CCCC1(OC=C)CC(O)O1. The lowest BCUT2D eigenvalue weighted by molar-refractivity contribution is -0.378. The first-order valence-corrected chi connectivity index (χ1v) is 3.98. The molecule has 0 aliphatic carbocycles. The molecule has 0 amide bonds. The smallest absolute Gasteiger partial charge is 0.217 e. The lowest BCUT2D eigenvalue weighted by atomic mass is 10.0. The summed E-state index contributed by atoms with van der Waals surface area (Å²) in [7, 11) is 0. The van der Waals surface area contributed by atoms with Gasteiger partial charge in [0.1, 0.15) is 0 Å². The van der Waals surface area contributed by atoms with Crippen LogP contribution in [0.5, 0.6) is 0 Å². The third-order valence-corrected chi connectivity index (χ3v) is 1.86. The third kappa shape index (κ3) is 1.87. The van der Waals surface area contributed by atoms with Gasteiger partial charge in [0.15, 0.2) is 6.29 Å². The quantitative estimate of drug-likeness (QED) is 0.502. The molecule has 1 rings (SSSR count). The maximum atomic E-state index is 8.95. The molecular weight excluding hydrogens is 156 g/mol. The largest absolute Gasteiger partial charge is 0.470 e. The van der Waals surface area contributed by atoms with Gasteiger partial charge in [-0.1, -0.05) is 12.7 Å². The average molecular weight is 170 g/mol. The Morgan fingerprint density at radius 1 is 1.67 bits per heavy atom. The Hall–Kier alpha value is -0.800. The van der Waals surface area contributed by atoms with Gasteiger partial charge in [-0.3, -0.25) is 0 Å². The van der Waals surface area contributed by atoms with E-state index in [2.05, 4.69) is 13.2 Å². The van der Waals surface area contributed by atoms with Crippen molar-refractivity contribution < 1.29 is 14.6 Å². The zero-order chi connectivity index (χ0) is 9.03. The number of allylic oxidation sites excluding steroid dienone is 1. The number of hydrogen-bond donors (Lipinski definition) is 1. The van der Waals surface area contributed by atoms with Crippen molar-refractivity contribution >= 4 is 0 Å². The molecule has 1 N–H and O–H groups in total. The van der Waals surface area contributed by atoms with Gasteiger partial charge in [0.25, 0.3) is 0 Å². The van der Waals surface area contributed by atoms with Gasteiger partial charge in [-0.25, -0.2) is 0 Å². The molecule has 2 unspecified atom stereocenters. The summed E-state index contributed by atoms with van der Waals surface area (Å²) in [6, 6.07) is 0. The Labute approximate surface area is 72.3 Å². The summed E-state index contributed by atoms with van der Waals surface area (Å²) >= 11 is 0. The topological polar surface area (TPSA) is 38.7 Å². The van der Waals surface area contributed by atoms with Gasteiger partial charge in [0.2, 0.25) is 5.79 Å². The van der Waals surface area contributed by atoms with Crippen molar-refractivity contribution in [1.82, 2.24) is 0 Å². The van der Waals surface area contributed by atoms with Crippen molar-refractivity contribution in [3.8, 4) is 0 Å². The standard InChI is InChI=1S/C9H14O3/c1-3-5-6-9(11-4-2)7-8(10)12-9/h3-4,8,10H,1-2,5-7H2. The predicted molar refractivity (Wildman–Crippen MR) is 45.2 cm³/mol. The molecule has 0 aromatic heterocycles. The molecule has 3 nitrogen and oxygen atoms in total. The Kier molecular flexibility index (Phi) is 2.89. The van der Waals surface area contributed by atoms with Crippen LogP contribution in [0, 0.1) is 0 Å². The number of aliphatic hydroxyl groups is 1. The first-order valence-electron chi connectivity index (χ1n) is 3.98. The van der Waals surface area contributed by atoms with Gasteiger partial charge in [-0.2, -0.15) is 0 Å². The molecule has 2 atom stereocenters. The third-order valence-electron chi connectivity index (χ3n) is 1.86. The van der Waals surface area contributed by atoms with E-state index < -0.39 is 12.1 Å². The van der Waals surface area contributed by atoms with Crippen molar-refractivity contribution in [2.24, 2.45) is 0 Å². The molecule has 12 heavy (non-hydrogen) atoms. The maximum Gasteiger partial charge on any atom is 0.217 e. The monoisotopic (exact) mass is 170 g/mol. The molecule has 0 saturated carbocycles. The number of aliphatic hydroxyl groups excluding tert-OH is 1. The molecule has 68 valence electrons. The van der Waals surface area contributed by atoms with Gasteiger partial charge in [0.05, 0.1) is 12.7 Å². The van der Waals surface area contributed by atoms with E-state index in [1.807, 2.05) is 0 Å². The average Bonchev–Trinajstić information content (AvgIpc) is 1.98. The summed E-state index contributed by atoms with van der Waals surface area (Å²) in [5, 5.41) is 8.95. The molecule has 0 bridgehead atoms. The van der Waals surface area contributed by atoms with Gasteiger partial charge >= 0.3 is 0 Å². The highest BCUT2D eigenvalue weighted by molar-refractivity contribution is 4.85. The van der Waals surface area contributed by atoms with Crippen LogP contribution in [0.3, 0.4) is 0 Å². The van der Waals surface area contributed by atoms with Gasteiger partial charge in [0, 0.05) is 6.42 Å². The maximum absolute atomic E-state index is 8.95. The molecule has 3 heteroatoms. The van der Waals surface area contributed by atoms with Crippen LogP contribution in [0.4, 0.5) is 0 Å². The molecule has 0 spiro atoms. The minimum atomic E-state index is -0.685. The van der Waals surface area contributed by atoms with Crippen LogP contribution in [0.15, 0.2) is 25.5 Å². The summed E-state index contributed by atoms with van der Waals surface area (Å²) in [5.74, 6) is -0.643. The molecule has 1 saturated heterocycles. The van der Waals surface area contributed by atoms with E-state index in [1.54, 1.807) is 6.08 Å². The summed E-state index contributed by atoms with van der Waals surface area (Å²) in [6.07, 6.45) is 4.47. The number of hydrogen-bond acceptors (Lipinski definition) is 3. The number of rotatable bonds is 5. The van der Waals surface area contributed by atoms with Crippen molar-refractivity contribution in [1.29, 1.82) is 0 Å². The summed E-state index contributed by atoms with van der Waals surface area (Å²) < 4.78 is 10.3. The van der Waals surface area contributed by atoms with Gasteiger partial charge < -0.3 is 14.6 Å². The molecule has 1 aliphatic heterocycles. The Morgan fingerprint density at radius 3 is 2.75 bits per heavy atom. The second-order valence-corrected chi connectivity index (χ2v) is 2.80. The highest BCUT2D eigenvalue weighted by atomic mass is 16.8. The molecule has 1 heterocycles. The van der Waals surface area contributed by atoms with E-state index in [0.29, 0.717) is 12.8 Å². The molecular formula is C9H14O3. The van der Waals surface area contributed by atoms with Crippen LogP contribution in [0.2, 0.25) is 0 Å². The summed E-state index contributed by atoms with van der Waals surface area (Å²) in [5.41, 5.74) is 0. The Morgan fingerprint density at radius 2 is 2.33 bits per heavy atom. The van der Waals surface area contributed by atoms with Crippen LogP contribution in [0.1, 0.15) is 19.3 Å². The summed E-state index contributed by atoms with van der Waals surface area (Å²) in [4.78, 5) is 0. The van der Waals surface area contributed by atoms with E-state index in [4.69, 9.17) is 14.6 Å². The fourth-order valence-electron chi connectivity index (χ4n) is 1.27. The molecule has 0 aromatic rings. The summed E-state index contributed by atoms with van der Waals surface area (Å²) in [6.45, 7) is 7.05. The normalized spacial score (nSPS) is 33.6. The van der Waals surface area contributed by atoms with E-state index >= 15 is 0 Å². The van der Waals surface area contributed by atoms with Crippen LogP contribution >= 0.6 is 0 Å². The molecule has 1 fully saturated rings. The zero-order valence-corrected chi connectivity index (χ0v) is 7.03. The second-order valence-electron chi connectivity index (χ2n) is 2.80. The van der Waals surface area contributed by atoms with Crippen molar-refractivity contribution in [3.05, 3.63) is 25.5 Å². The van der Waals surface area contributed by atoms with Gasteiger partial charge in [-0.15, -0.1) is 6.58 Å². The first-order chi connectivity index (χ1) is 5.72. The van der Waals surface area contributed by atoms with Crippen LogP contribution < -0.4 is 0 Å². The first kappa shape index (κ1) is 9.29. The van der Waals surface area contributed by atoms with Crippen molar-refractivity contribution in [3.63, 3.8) is 0 Å². The number of ether oxygens (including phenoxy) is 2. The van der Waals surface area contributed by atoms with Crippen LogP contribution in [0.25, 0.3) is 0 Å². The minimum absolute atomic E-state index is 0.507. The van der Waals surface area contributed by atoms with E-state index in [0.717, 1.165) is 6.42 Å². The van der Waals surface area contributed by atoms with Gasteiger partial charge in [-0.05, 0) is 6.42 Å². The highest BCUT2D eigenvalue weighted by Crippen LogP contribution is 2.36. The van der Waals surface area contributed by atoms with Crippen LogP contribution in [-0.4, -0.2) is 17.2 Å². The predicted octanol–water partition coefficient (Wildman–Crippen LogP) is 1.55. The molecule has 0 aromatic carbocycles. The Balaban J connectivity index is 2.38. The van der Waals surface area contributed by atoms with Crippen molar-refractivity contribution in [2.75, 3.05) is 0 Å². The van der Waals surface area contributed by atoms with Crippen LogP contribution in [-0.2, 0) is 9.47 Å². The molecule has 1 aliphatic rings. The van der Waals surface area contributed by atoms with E-state index in [1.165, 1.54) is 6.26 Å². The zero-order valence-electron chi connectivity index (χ0n) is 7.03. The van der Waals surface area contributed by atoms with E-state index in [-0.39, 0.29) is 0 Å². The Bertz CT molecular complexity index is 171. The lowest BCUT2D eigenvalue weighted by Crippen LogP contribution is -2.51. The highest BCUT2D eigenvalue weighted by Gasteiger charge is 2.45. The fraction of sp³-hybridized carbons (Fsp3) is 0.556. The lowest BCUT2D eigenvalue weighted by Gasteiger charge is -2.43. The fourth-order valence-corrected chi connectivity index (χ4v) is 1.27. The second kappa shape index (κ2) is 3.74. The molecule has 0 radical (unpaired) electrons.